The second-order valence-electron chi connectivity index (χ2n) is 6.85. The Labute approximate surface area is 149 Å². The number of aliphatic hydroxyl groups excluding tert-OH is 1. The minimum absolute atomic E-state index is 0.214. The van der Waals surface area contributed by atoms with Crippen LogP contribution >= 0.6 is 0 Å². The van der Waals surface area contributed by atoms with Crippen molar-refractivity contribution >= 4 is 5.97 Å². The van der Waals surface area contributed by atoms with Gasteiger partial charge >= 0.3 is 5.97 Å². The van der Waals surface area contributed by atoms with Gasteiger partial charge in [-0.25, -0.2) is 4.79 Å². The van der Waals surface area contributed by atoms with Crippen molar-refractivity contribution in [3.05, 3.63) is 12.2 Å². The van der Waals surface area contributed by atoms with Gasteiger partial charge in [-0.2, -0.15) is 0 Å². The van der Waals surface area contributed by atoms with Gasteiger partial charge in [0, 0.05) is 0 Å². The topological polar surface area (TPSA) is 46.5 Å². The first-order valence-electron chi connectivity index (χ1n) is 10.2. The monoisotopic (exact) mass is 340 g/mol. The zero-order valence-corrected chi connectivity index (χ0v) is 16.2. The first kappa shape index (κ1) is 23.2. The molecule has 1 N–H and O–H groups in total. The predicted octanol–water partition coefficient (Wildman–Crippen LogP) is 5.95. The molecule has 0 saturated heterocycles. The van der Waals surface area contributed by atoms with Gasteiger partial charge in [0.25, 0.3) is 0 Å². The van der Waals surface area contributed by atoms with Gasteiger partial charge in [-0.15, -0.1) is 0 Å². The molecule has 3 nitrogen and oxygen atoms in total. The summed E-state index contributed by atoms with van der Waals surface area (Å²) in [6.45, 7) is 8.56. The van der Waals surface area contributed by atoms with Crippen LogP contribution in [-0.2, 0) is 9.53 Å². The number of carbonyl (C=O) groups is 1. The maximum absolute atomic E-state index is 11.9. The number of aliphatic hydroxyl groups is 1. The SMILES string of the molecule is C=C(C(=O)OCCCCCCCCC)C(O)CCCCCCCC. The third-order valence-electron chi connectivity index (χ3n) is 4.48. The van der Waals surface area contributed by atoms with E-state index < -0.39 is 12.1 Å². The fourth-order valence-corrected chi connectivity index (χ4v) is 2.75. The minimum atomic E-state index is -0.752. The second kappa shape index (κ2) is 17.0. The number of carbonyl (C=O) groups excluding carboxylic acids is 1. The lowest BCUT2D eigenvalue weighted by Gasteiger charge is -2.13. The Morgan fingerprint density at radius 3 is 1.83 bits per heavy atom. The van der Waals surface area contributed by atoms with E-state index in [4.69, 9.17) is 4.74 Å². The Morgan fingerprint density at radius 2 is 1.29 bits per heavy atom. The van der Waals surface area contributed by atoms with Gasteiger partial charge in [0.05, 0.1) is 18.3 Å². The van der Waals surface area contributed by atoms with Crippen LogP contribution in [0.2, 0.25) is 0 Å². The molecule has 0 rings (SSSR count). The average Bonchev–Trinajstić information content (AvgIpc) is 2.59. The first-order valence-corrected chi connectivity index (χ1v) is 10.2. The van der Waals surface area contributed by atoms with Crippen LogP contribution in [0.3, 0.4) is 0 Å². The van der Waals surface area contributed by atoms with E-state index in [0.29, 0.717) is 13.0 Å². The minimum Gasteiger partial charge on any atom is -0.462 e. The summed E-state index contributed by atoms with van der Waals surface area (Å²) in [7, 11) is 0. The largest absolute Gasteiger partial charge is 0.462 e. The Kier molecular flexibility index (Phi) is 16.4. The summed E-state index contributed by atoms with van der Waals surface area (Å²) in [5.74, 6) is -0.431. The highest BCUT2D eigenvalue weighted by molar-refractivity contribution is 5.88. The van der Waals surface area contributed by atoms with E-state index >= 15 is 0 Å². The Morgan fingerprint density at radius 1 is 0.833 bits per heavy atom. The molecular formula is C21H40O3. The Bertz CT molecular complexity index is 312. The number of ether oxygens (including phenoxy) is 1. The third kappa shape index (κ3) is 13.6. The maximum atomic E-state index is 11.9. The molecule has 1 atom stereocenters. The lowest BCUT2D eigenvalue weighted by Crippen LogP contribution is -2.19. The van der Waals surface area contributed by atoms with Crippen LogP contribution in [0.15, 0.2) is 12.2 Å². The third-order valence-corrected chi connectivity index (χ3v) is 4.48. The molecule has 0 fully saturated rings. The number of esters is 1. The zero-order chi connectivity index (χ0) is 18.0. The quantitative estimate of drug-likeness (QED) is 0.202. The molecule has 1 unspecified atom stereocenters. The van der Waals surface area contributed by atoms with Crippen LogP contribution in [-0.4, -0.2) is 23.8 Å². The summed E-state index contributed by atoms with van der Waals surface area (Å²) in [4.78, 5) is 11.9. The summed E-state index contributed by atoms with van der Waals surface area (Å²) in [5.41, 5.74) is 0.214. The molecule has 0 amide bonds. The summed E-state index contributed by atoms with van der Waals surface area (Å²) in [5, 5.41) is 10.0. The lowest BCUT2D eigenvalue weighted by molar-refractivity contribution is -0.140. The molecule has 142 valence electrons. The molecule has 0 aliphatic carbocycles. The van der Waals surface area contributed by atoms with Crippen LogP contribution in [0.5, 0.6) is 0 Å². The molecule has 0 radical (unpaired) electrons. The van der Waals surface area contributed by atoms with Crippen LogP contribution in [0.1, 0.15) is 104 Å². The number of hydrogen-bond donors (Lipinski definition) is 1. The predicted molar refractivity (Wildman–Crippen MR) is 102 cm³/mol. The van der Waals surface area contributed by atoms with Gasteiger partial charge in [-0.1, -0.05) is 97.5 Å². The molecule has 0 bridgehead atoms. The lowest BCUT2D eigenvalue weighted by atomic mass is 10.0. The molecule has 24 heavy (non-hydrogen) atoms. The molecule has 0 aliphatic heterocycles. The van der Waals surface area contributed by atoms with Crippen molar-refractivity contribution < 1.29 is 14.6 Å². The molecule has 0 aliphatic rings. The van der Waals surface area contributed by atoms with Crippen LogP contribution in [0.25, 0.3) is 0 Å². The smallest absolute Gasteiger partial charge is 0.336 e. The Balaban J connectivity index is 3.58. The number of hydrogen-bond acceptors (Lipinski definition) is 3. The highest BCUT2D eigenvalue weighted by Gasteiger charge is 2.17. The zero-order valence-electron chi connectivity index (χ0n) is 16.2. The van der Waals surface area contributed by atoms with Crippen molar-refractivity contribution in [2.45, 2.75) is 110 Å². The van der Waals surface area contributed by atoms with Gasteiger partial charge in [-0.05, 0) is 12.8 Å². The summed E-state index contributed by atoms with van der Waals surface area (Å²) in [6, 6.07) is 0. The fraction of sp³-hybridized carbons (Fsp3) is 0.857. The number of unbranched alkanes of at least 4 members (excludes halogenated alkanes) is 11. The molecule has 0 aromatic heterocycles. The van der Waals surface area contributed by atoms with E-state index in [2.05, 4.69) is 20.4 Å². The molecule has 0 aromatic carbocycles. The number of rotatable bonds is 17. The van der Waals surface area contributed by atoms with E-state index in [9.17, 15) is 9.90 Å². The average molecular weight is 341 g/mol. The van der Waals surface area contributed by atoms with Gasteiger partial charge in [0.1, 0.15) is 0 Å². The maximum Gasteiger partial charge on any atom is 0.336 e. The molecule has 0 saturated carbocycles. The van der Waals surface area contributed by atoms with E-state index in [0.717, 1.165) is 25.7 Å². The standard InChI is InChI=1S/C21H40O3/c1-4-6-8-10-12-14-16-18-24-21(23)19(3)20(22)17-15-13-11-9-7-5-2/h20,22H,3-18H2,1-2H3. The van der Waals surface area contributed by atoms with Gasteiger partial charge in [0.2, 0.25) is 0 Å². The fourth-order valence-electron chi connectivity index (χ4n) is 2.75. The summed E-state index contributed by atoms with van der Waals surface area (Å²) in [6.07, 6.45) is 15.2. The molecule has 0 spiro atoms. The van der Waals surface area contributed by atoms with E-state index in [1.54, 1.807) is 0 Å². The molecular weight excluding hydrogens is 300 g/mol. The van der Waals surface area contributed by atoms with Gasteiger partial charge < -0.3 is 9.84 Å². The van der Waals surface area contributed by atoms with E-state index in [-0.39, 0.29) is 5.57 Å². The van der Waals surface area contributed by atoms with Crippen molar-refractivity contribution in [1.29, 1.82) is 0 Å². The van der Waals surface area contributed by atoms with Crippen molar-refractivity contribution in [3.63, 3.8) is 0 Å². The van der Waals surface area contributed by atoms with Crippen molar-refractivity contribution in [2.75, 3.05) is 6.61 Å². The van der Waals surface area contributed by atoms with E-state index in [1.807, 2.05) is 0 Å². The van der Waals surface area contributed by atoms with Gasteiger partial charge in [-0.3, -0.25) is 0 Å². The second-order valence-corrected chi connectivity index (χ2v) is 6.85. The molecule has 3 heteroatoms. The van der Waals surface area contributed by atoms with Crippen molar-refractivity contribution in [1.82, 2.24) is 0 Å². The van der Waals surface area contributed by atoms with Crippen LogP contribution < -0.4 is 0 Å². The normalized spacial score (nSPS) is 12.1. The first-order chi connectivity index (χ1) is 11.6. The summed E-state index contributed by atoms with van der Waals surface area (Å²) >= 11 is 0. The molecule has 0 heterocycles. The Hall–Kier alpha value is -0.830. The van der Waals surface area contributed by atoms with Crippen molar-refractivity contribution in [3.8, 4) is 0 Å². The highest BCUT2D eigenvalue weighted by Crippen LogP contribution is 2.14. The van der Waals surface area contributed by atoms with Crippen LogP contribution in [0.4, 0.5) is 0 Å². The highest BCUT2D eigenvalue weighted by atomic mass is 16.5. The van der Waals surface area contributed by atoms with Crippen LogP contribution in [0, 0.1) is 0 Å². The van der Waals surface area contributed by atoms with E-state index in [1.165, 1.54) is 57.8 Å². The van der Waals surface area contributed by atoms with Crippen molar-refractivity contribution in [2.24, 2.45) is 0 Å². The molecule has 0 aromatic rings. The summed E-state index contributed by atoms with van der Waals surface area (Å²) < 4.78 is 5.21. The van der Waals surface area contributed by atoms with Gasteiger partial charge in [0.15, 0.2) is 0 Å².